The first-order valence-corrected chi connectivity index (χ1v) is 9.76. The van der Waals surface area contributed by atoms with E-state index in [1.54, 1.807) is 24.3 Å². The molecule has 2 aliphatic rings. The highest BCUT2D eigenvalue weighted by Crippen LogP contribution is 2.22. The number of likely N-dealkylation sites (tertiary alicyclic amines) is 1. The molecule has 0 radical (unpaired) electrons. The Hall–Kier alpha value is -2.99. The van der Waals surface area contributed by atoms with Crippen LogP contribution in [-0.4, -0.2) is 48.8 Å². The third kappa shape index (κ3) is 3.55. The number of carbonyl (C=O) groups excluding carboxylic acids is 3. The Morgan fingerprint density at radius 2 is 1.50 bits per heavy atom. The van der Waals surface area contributed by atoms with E-state index in [1.165, 1.54) is 23.3 Å². The lowest BCUT2D eigenvalue weighted by molar-refractivity contribution is -0.918. The zero-order valence-corrected chi connectivity index (χ0v) is 15.7. The Kier molecular flexibility index (Phi) is 5.21. The van der Waals surface area contributed by atoms with Crippen LogP contribution in [-0.2, 0) is 4.79 Å². The molecule has 1 fully saturated rings. The van der Waals surface area contributed by atoms with Gasteiger partial charge in [-0.25, -0.2) is 0 Å². The number of quaternary nitrogens is 1. The minimum Gasteiger partial charge on any atom is -0.348 e. The molecule has 3 amide bonds. The van der Waals surface area contributed by atoms with Gasteiger partial charge >= 0.3 is 0 Å². The van der Waals surface area contributed by atoms with E-state index in [9.17, 15) is 14.4 Å². The summed E-state index contributed by atoms with van der Waals surface area (Å²) in [5, 5.41) is 2.95. The van der Waals surface area contributed by atoms with Crippen LogP contribution in [0.4, 0.5) is 0 Å². The Morgan fingerprint density at radius 3 is 2.11 bits per heavy atom. The van der Waals surface area contributed by atoms with Crippen LogP contribution in [0.15, 0.2) is 54.6 Å². The van der Waals surface area contributed by atoms with Crippen molar-refractivity contribution < 1.29 is 19.3 Å². The molecule has 0 unspecified atom stereocenters. The van der Waals surface area contributed by atoms with Gasteiger partial charge in [0.25, 0.3) is 11.8 Å². The molecule has 144 valence electrons. The molecule has 2 heterocycles. The Labute approximate surface area is 164 Å². The van der Waals surface area contributed by atoms with E-state index in [0.717, 1.165) is 18.0 Å². The predicted octanol–water partition coefficient (Wildman–Crippen LogP) is 0.819. The summed E-state index contributed by atoms with van der Waals surface area (Å²) >= 11 is 0. The summed E-state index contributed by atoms with van der Waals surface area (Å²) in [6.45, 7) is 2.42. The number of nitrogens with one attached hydrogen (secondary N) is 2. The van der Waals surface area contributed by atoms with Crippen molar-refractivity contribution in [1.29, 1.82) is 0 Å². The van der Waals surface area contributed by atoms with Crippen LogP contribution < -0.4 is 10.2 Å². The fourth-order valence-corrected chi connectivity index (χ4v) is 4.16. The number of carbonyl (C=O) groups is 3. The van der Waals surface area contributed by atoms with E-state index in [1.807, 2.05) is 18.2 Å². The first-order valence-electron chi connectivity index (χ1n) is 9.76. The van der Waals surface area contributed by atoms with Gasteiger partial charge in [-0.3, -0.25) is 19.3 Å². The smallest absolute Gasteiger partial charge is 0.262 e. The summed E-state index contributed by atoms with van der Waals surface area (Å²) in [4.78, 5) is 39.9. The standard InChI is InChI=1S/C22H23N3O3/c26-20(15-25-21(27)17-10-4-5-11-18(17)22(25)28)23-14-19(24-12-6-7-13-24)16-8-2-1-3-9-16/h1-5,8-11,19H,6-7,12-15H2,(H,23,26)/p+1/t19-/m0/s1. The molecule has 0 bridgehead atoms. The third-order valence-electron chi connectivity index (χ3n) is 5.62. The fraction of sp³-hybridized carbons (Fsp3) is 0.318. The number of nitrogens with zero attached hydrogens (tertiary/aromatic N) is 1. The zero-order valence-electron chi connectivity index (χ0n) is 15.7. The maximum Gasteiger partial charge on any atom is 0.262 e. The molecule has 6 nitrogen and oxygen atoms in total. The van der Waals surface area contributed by atoms with Gasteiger partial charge in [-0.15, -0.1) is 0 Å². The summed E-state index contributed by atoms with van der Waals surface area (Å²) < 4.78 is 0. The van der Waals surface area contributed by atoms with Crippen molar-refractivity contribution in [3.8, 4) is 0 Å². The zero-order chi connectivity index (χ0) is 19.5. The molecular weight excluding hydrogens is 354 g/mol. The second kappa shape index (κ2) is 7.94. The van der Waals surface area contributed by atoms with Gasteiger partial charge < -0.3 is 10.2 Å². The summed E-state index contributed by atoms with van der Waals surface area (Å²) in [7, 11) is 0. The van der Waals surface area contributed by atoms with Crippen LogP contribution in [0.3, 0.4) is 0 Å². The van der Waals surface area contributed by atoms with Crippen LogP contribution in [0.5, 0.6) is 0 Å². The maximum atomic E-state index is 12.5. The van der Waals surface area contributed by atoms with Crippen LogP contribution in [0.1, 0.15) is 45.2 Å². The van der Waals surface area contributed by atoms with E-state index in [2.05, 4.69) is 17.4 Å². The molecule has 1 saturated heterocycles. The van der Waals surface area contributed by atoms with Gasteiger partial charge in [0.2, 0.25) is 5.91 Å². The van der Waals surface area contributed by atoms with Crippen molar-refractivity contribution in [3.63, 3.8) is 0 Å². The van der Waals surface area contributed by atoms with Gasteiger partial charge in [0, 0.05) is 18.4 Å². The van der Waals surface area contributed by atoms with E-state index in [-0.39, 0.29) is 18.5 Å². The normalized spacial score (nSPS) is 17.6. The van der Waals surface area contributed by atoms with Gasteiger partial charge in [0.15, 0.2) is 0 Å². The third-order valence-corrected chi connectivity index (χ3v) is 5.62. The Bertz CT molecular complexity index is 856. The summed E-state index contributed by atoms with van der Waals surface area (Å²) in [5.74, 6) is -1.12. The van der Waals surface area contributed by atoms with Crippen LogP contribution in [0.25, 0.3) is 0 Å². The van der Waals surface area contributed by atoms with Crippen molar-refractivity contribution in [2.24, 2.45) is 0 Å². The molecule has 0 saturated carbocycles. The van der Waals surface area contributed by atoms with E-state index < -0.39 is 11.8 Å². The minimum absolute atomic E-state index is 0.176. The molecule has 0 aromatic heterocycles. The second-order valence-electron chi connectivity index (χ2n) is 7.37. The number of benzene rings is 2. The lowest BCUT2D eigenvalue weighted by Gasteiger charge is -2.25. The average molecular weight is 378 g/mol. The number of rotatable bonds is 6. The number of amides is 3. The van der Waals surface area contributed by atoms with Crippen LogP contribution in [0.2, 0.25) is 0 Å². The van der Waals surface area contributed by atoms with Crippen molar-refractivity contribution in [2.75, 3.05) is 26.2 Å². The largest absolute Gasteiger partial charge is 0.348 e. The van der Waals surface area contributed by atoms with Gasteiger partial charge in [0.1, 0.15) is 12.6 Å². The molecule has 2 aliphatic heterocycles. The van der Waals surface area contributed by atoms with Gasteiger partial charge in [-0.05, 0) is 12.1 Å². The fourth-order valence-electron chi connectivity index (χ4n) is 4.16. The van der Waals surface area contributed by atoms with E-state index in [0.29, 0.717) is 17.7 Å². The predicted molar refractivity (Wildman–Crippen MR) is 104 cm³/mol. The van der Waals surface area contributed by atoms with Gasteiger partial charge in [-0.2, -0.15) is 0 Å². The van der Waals surface area contributed by atoms with Crippen molar-refractivity contribution in [3.05, 3.63) is 71.3 Å². The number of hydrogen-bond acceptors (Lipinski definition) is 3. The molecule has 6 heteroatoms. The first kappa shape index (κ1) is 18.4. The summed E-state index contributed by atoms with van der Waals surface area (Å²) in [6.07, 6.45) is 2.39. The topological polar surface area (TPSA) is 70.9 Å². The van der Waals surface area contributed by atoms with Crippen molar-refractivity contribution in [1.82, 2.24) is 10.2 Å². The van der Waals surface area contributed by atoms with Crippen LogP contribution >= 0.6 is 0 Å². The lowest BCUT2D eigenvalue weighted by Crippen LogP contribution is -3.11. The minimum atomic E-state index is -0.402. The molecule has 2 aromatic rings. The SMILES string of the molecule is O=C(CN1C(=O)c2ccccc2C1=O)NC[C@@H](c1ccccc1)[NH+]1CCCC1. The first-order chi connectivity index (χ1) is 13.6. The van der Waals surface area contributed by atoms with Gasteiger partial charge in [0.05, 0.1) is 30.8 Å². The Balaban J connectivity index is 1.41. The quantitative estimate of drug-likeness (QED) is 0.731. The Morgan fingerprint density at radius 1 is 0.929 bits per heavy atom. The van der Waals surface area contributed by atoms with Crippen LogP contribution in [0, 0.1) is 0 Å². The van der Waals surface area contributed by atoms with Crippen molar-refractivity contribution in [2.45, 2.75) is 18.9 Å². The lowest BCUT2D eigenvalue weighted by atomic mass is 10.1. The van der Waals surface area contributed by atoms with E-state index >= 15 is 0 Å². The summed E-state index contributed by atoms with van der Waals surface area (Å²) in [6, 6.07) is 17.0. The summed E-state index contributed by atoms with van der Waals surface area (Å²) in [5.41, 5.74) is 1.92. The monoisotopic (exact) mass is 378 g/mol. The second-order valence-corrected chi connectivity index (χ2v) is 7.37. The molecule has 1 atom stereocenters. The highest BCUT2D eigenvalue weighted by atomic mass is 16.2. The molecule has 28 heavy (non-hydrogen) atoms. The number of fused-ring (bicyclic) bond motifs is 1. The molecule has 4 rings (SSSR count). The average Bonchev–Trinajstić information content (AvgIpc) is 3.33. The molecular formula is C22H24N3O3+. The number of imide groups is 1. The van der Waals surface area contributed by atoms with Gasteiger partial charge in [-0.1, -0.05) is 42.5 Å². The molecule has 2 aromatic carbocycles. The highest BCUT2D eigenvalue weighted by Gasteiger charge is 2.36. The number of hydrogen-bond donors (Lipinski definition) is 2. The highest BCUT2D eigenvalue weighted by molar-refractivity contribution is 6.22. The molecule has 0 spiro atoms. The molecule has 2 N–H and O–H groups in total. The van der Waals surface area contributed by atoms with E-state index in [4.69, 9.17) is 0 Å². The van der Waals surface area contributed by atoms with Crippen molar-refractivity contribution >= 4 is 17.7 Å². The maximum absolute atomic E-state index is 12.5. The molecule has 0 aliphatic carbocycles.